The predicted octanol–water partition coefficient (Wildman–Crippen LogP) is 1.70. The summed E-state index contributed by atoms with van der Waals surface area (Å²) in [7, 11) is -8.27. The van der Waals surface area contributed by atoms with E-state index in [-0.39, 0.29) is 17.5 Å². The first-order chi connectivity index (χ1) is 14.7. The minimum absolute atomic E-state index is 0.222. The van der Waals surface area contributed by atoms with Gasteiger partial charge >= 0.3 is 11.9 Å². The van der Waals surface area contributed by atoms with Crippen molar-refractivity contribution in [3.05, 3.63) is 71.8 Å². The quantitative estimate of drug-likeness (QED) is 0.255. The molecule has 0 fully saturated rings. The van der Waals surface area contributed by atoms with Gasteiger partial charge in [0.1, 0.15) is 0 Å². The van der Waals surface area contributed by atoms with Crippen LogP contribution in [0.1, 0.15) is 27.1 Å². The van der Waals surface area contributed by atoms with Crippen molar-refractivity contribution in [3.63, 3.8) is 0 Å². The lowest BCUT2D eigenvalue weighted by Gasteiger charge is -2.08. The van der Waals surface area contributed by atoms with Crippen LogP contribution in [-0.4, -0.2) is 53.9 Å². The minimum Gasteiger partial charge on any atom is -0.434 e. The minimum atomic E-state index is -4.13. The van der Waals surface area contributed by atoms with E-state index >= 15 is 0 Å². The van der Waals surface area contributed by atoms with E-state index in [4.69, 9.17) is 9.47 Å². The fraction of sp³-hybridized carbons (Fsp3) is 0.263. The van der Waals surface area contributed by atoms with Crippen molar-refractivity contribution in [2.45, 2.75) is 6.42 Å². The van der Waals surface area contributed by atoms with Crippen LogP contribution in [0.5, 0.6) is 0 Å². The van der Waals surface area contributed by atoms with Gasteiger partial charge in [-0.15, -0.1) is 0 Å². The van der Waals surface area contributed by atoms with Gasteiger partial charge in [0.05, 0.1) is 22.6 Å². The number of carbonyl (C=O) groups excluding carboxylic acids is 2. The molecule has 0 radical (unpaired) electrons. The van der Waals surface area contributed by atoms with E-state index in [1.807, 2.05) is 0 Å². The average molecular weight is 472 g/mol. The summed E-state index contributed by atoms with van der Waals surface area (Å²) in [6.45, 7) is -1.68. The Kier molecular flexibility index (Phi) is 9.12. The Hall–Kier alpha value is -2.80. The highest BCUT2D eigenvalue weighted by Gasteiger charge is 2.18. The van der Waals surface area contributed by atoms with Crippen molar-refractivity contribution in [2.24, 2.45) is 0 Å². The van der Waals surface area contributed by atoms with Gasteiger partial charge in [-0.2, -0.15) is 16.8 Å². The molecule has 10 nitrogen and oxygen atoms in total. The molecule has 0 saturated heterocycles. The molecule has 0 aliphatic carbocycles. The van der Waals surface area contributed by atoms with Gasteiger partial charge in [0.25, 0.3) is 20.2 Å². The fourth-order valence-electron chi connectivity index (χ4n) is 2.15. The van der Waals surface area contributed by atoms with Crippen molar-refractivity contribution in [3.8, 4) is 0 Å². The van der Waals surface area contributed by atoms with E-state index in [0.29, 0.717) is 0 Å². The Labute approximate surface area is 179 Å². The summed E-state index contributed by atoms with van der Waals surface area (Å²) in [5.74, 6) is -2.83. The Balaban J connectivity index is 1.66. The zero-order chi connectivity index (χ0) is 22.7. The van der Waals surface area contributed by atoms with E-state index in [0.717, 1.165) is 0 Å². The summed E-state index contributed by atoms with van der Waals surface area (Å²) >= 11 is 0. The summed E-state index contributed by atoms with van der Waals surface area (Å²) in [5.41, 5.74) is 0.444. The second-order valence-electron chi connectivity index (χ2n) is 5.94. The van der Waals surface area contributed by atoms with Crippen LogP contribution >= 0.6 is 0 Å². The lowest BCUT2D eigenvalue weighted by molar-refractivity contribution is 0.0166. The van der Waals surface area contributed by atoms with Gasteiger partial charge in [0.2, 0.25) is 13.6 Å². The van der Waals surface area contributed by atoms with Crippen LogP contribution in [0.25, 0.3) is 0 Å². The molecule has 0 saturated carbocycles. The Morgan fingerprint density at radius 3 is 1.32 bits per heavy atom. The van der Waals surface area contributed by atoms with Gasteiger partial charge in [-0.1, -0.05) is 36.4 Å². The second kappa shape index (κ2) is 11.6. The molecule has 0 atom stereocenters. The number of hydrogen-bond acceptors (Lipinski definition) is 10. The molecule has 0 N–H and O–H groups in total. The zero-order valence-corrected chi connectivity index (χ0v) is 17.8. The van der Waals surface area contributed by atoms with Crippen molar-refractivity contribution < 1.29 is 44.3 Å². The number of hydrogen-bond donors (Lipinski definition) is 0. The molecule has 0 heterocycles. The highest BCUT2D eigenvalue weighted by molar-refractivity contribution is 7.87. The number of rotatable bonds is 12. The average Bonchev–Trinajstić information content (AvgIpc) is 2.74. The molecule has 31 heavy (non-hydrogen) atoms. The monoisotopic (exact) mass is 472 g/mol. The lowest BCUT2D eigenvalue weighted by Crippen LogP contribution is -2.20. The third kappa shape index (κ3) is 9.26. The van der Waals surface area contributed by atoms with E-state index in [1.54, 1.807) is 36.4 Å². The predicted molar refractivity (Wildman–Crippen MR) is 108 cm³/mol. The SMILES string of the molecule is O=C(OCOS(=O)(=O)CCCS(=O)(=O)OCOC(=O)c1ccccc1)c1ccccc1. The van der Waals surface area contributed by atoms with Crippen LogP contribution in [-0.2, 0) is 38.1 Å². The topological polar surface area (TPSA) is 139 Å². The first-order valence-corrected chi connectivity index (χ1v) is 12.0. The molecule has 0 bridgehead atoms. The molecule has 0 aromatic heterocycles. The maximum atomic E-state index is 11.8. The van der Waals surface area contributed by atoms with Crippen LogP contribution in [0, 0.1) is 0 Å². The van der Waals surface area contributed by atoms with Gasteiger partial charge < -0.3 is 9.47 Å². The number of benzene rings is 2. The first kappa shape index (κ1) is 24.5. The maximum absolute atomic E-state index is 11.8. The van der Waals surface area contributed by atoms with Crippen LogP contribution < -0.4 is 0 Å². The molecular formula is C19H20O10S2. The summed E-state index contributed by atoms with van der Waals surface area (Å²) < 4.78 is 65.5. The van der Waals surface area contributed by atoms with Crippen molar-refractivity contribution in [1.29, 1.82) is 0 Å². The fourth-order valence-corrected chi connectivity index (χ4v) is 3.95. The Morgan fingerprint density at radius 1 is 0.613 bits per heavy atom. The third-order valence-corrected chi connectivity index (χ3v) is 6.13. The van der Waals surface area contributed by atoms with Crippen molar-refractivity contribution >= 4 is 32.2 Å². The smallest absolute Gasteiger partial charge is 0.340 e. The van der Waals surface area contributed by atoms with E-state index in [9.17, 15) is 26.4 Å². The first-order valence-electron chi connectivity index (χ1n) is 8.87. The highest BCUT2D eigenvalue weighted by atomic mass is 32.2. The molecule has 0 aliphatic heterocycles. The molecule has 168 valence electrons. The van der Waals surface area contributed by atoms with Gasteiger partial charge in [0, 0.05) is 0 Å². The standard InChI is InChI=1S/C19H20O10S2/c20-18(16-8-3-1-4-9-16)26-14-28-30(22,23)12-7-13-31(24,25)29-15-27-19(21)17-10-5-2-6-11-17/h1-6,8-11H,7,12-15H2. The zero-order valence-electron chi connectivity index (χ0n) is 16.2. The number of ether oxygens (including phenoxy) is 2. The number of carbonyl (C=O) groups is 2. The molecule has 2 rings (SSSR count). The largest absolute Gasteiger partial charge is 0.434 e. The molecule has 0 spiro atoms. The van der Waals surface area contributed by atoms with Gasteiger partial charge in [-0.05, 0) is 30.7 Å². The van der Waals surface area contributed by atoms with Gasteiger partial charge in [-0.25, -0.2) is 18.0 Å². The van der Waals surface area contributed by atoms with Gasteiger partial charge in [0.15, 0.2) is 0 Å². The van der Waals surface area contributed by atoms with Gasteiger partial charge in [-0.3, -0.25) is 0 Å². The van der Waals surface area contributed by atoms with E-state index < -0.39 is 57.3 Å². The molecule has 0 aliphatic rings. The normalized spacial score (nSPS) is 11.6. The molecule has 2 aromatic rings. The Bertz CT molecular complexity index is 978. The molecule has 2 aromatic carbocycles. The molecule has 12 heteroatoms. The summed E-state index contributed by atoms with van der Waals surface area (Å²) in [5, 5.41) is 0. The molecular weight excluding hydrogens is 452 g/mol. The molecule has 0 amide bonds. The maximum Gasteiger partial charge on any atom is 0.340 e. The van der Waals surface area contributed by atoms with Crippen LogP contribution in [0.15, 0.2) is 60.7 Å². The van der Waals surface area contributed by atoms with Crippen LogP contribution in [0.3, 0.4) is 0 Å². The summed E-state index contributed by atoms with van der Waals surface area (Å²) in [4.78, 5) is 23.4. The van der Waals surface area contributed by atoms with E-state index in [2.05, 4.69) is 8.37 Å². The lowest BCUT2D eigenvalue weighted by atomic mass is 10.2. The highest BCUT2D eigenvalue weighted by Crippen LogP contribution is 2.06. The third-order valence-electron chi connectivity index (χ3n) is 3.64. The second-order valence-corrected chi connectivity index (χ2v) is 9.46. The van der Waals surface area contributed by atoms with Crippen LogP contribution in [0.2, 0.25) is 0 Å². The van der Waals surface area contributed by atoms with Crippen LogP contribution in [0.4, 0.5) is 0 Å². The summed E-state index contributed by atoms with van der Waals surface area (Å²) in [6.07, 6.45) is -0.343. The number of esters is 2. The van der Waals surface area contributed by atoms with Crippen molar-refractivity contribution in [2.75, 3.05) is 25.1 Å². The molecule has 0 unspecified atom stereocenters. The Morgan fingerprint density at radius 2 is 0.968 bits per heavy atom. The van der Waals surface area contributed by atoms with Crippen molar-refractivity contribution in [1.82, 2.24) is 0 Å². The van der Waals surface area contributed by atoms with E-state index in [1.165, 1.54) is 24.3 Å². The summed E-state index contributed by atoms with van der Waals surface area (Å²) in [6, 6.07) is 15.8.